The van der Waals surface area contributed by atoms with Crippen molar-refractivity contribution in [1.29, 1.82) is 0 Å². The molecule has 1 rings (SSSR count). The van der Waals surface area contributed by atoms with Crippen molar-refractivity contribution in [2.45, 2.75) is 18.2 Å². The highest BCUT2D eigenvalue weighted by molar-refractivity contribution is 7.89. The fourth-order valence-electron chi connectivity index (χ4n) is 1.82. The summed E-state index contributed by atoms with van der Waals surface area (Å²) in [5, 5.41) is 8.86. The van der Waals surface area contributed by atoms with Crippen molar-refractivity contribution in [3.63, 3.8) is 0 Å². The van der Waals surface area contributed by atoms with E-state index in [9.17, 15) is 8.42 Å². The molecule has 0 bridgehead atoms. The number of aliphatic hydroxyl groups is 1. The average molecular weight is 287 g/mol. The fourth-order valence-corrected chi connectivity index (χ4v) is 2.65. The summed E-state index contributed by atoms with van der Waals surface area (Å²) in [6.07, 6.45) is 0.657. The smallest absolute Gasteiger partial charge is 0.242 e. The first-order valence-electron chi connectivity index (χ1n) is 6.15. The normalized spacial score (nSPS) is 11.5. The first-order valence-corrected chi connectivity index (χ1v) is 7.63. The van der Waals surface area contributed by atoms with E-state index in [1.807, 2.05) is 11.8 Å². The number of nitrogens with one attached hydrogen (secondary N) is 1. The van der Waals surface area contributed by atoms with E-state index in [0.29, 0.717) is 13.0 Å². The molecule has 0 amide bonds. The molecule has 0 spiro atoms. The van der Waals surface area contributed by atoms with Gasteiger partial charge in [0.05, 0.1) is 5.69 Å². The van der Waals surface area contributed by atoms with Crippen molar-refractivity contribution in [2.24, 2.45) is 0 Å². The highest BCUT2D eigenvalue weighted by Crippen LogP contribution is 2.24. The van der Waals surface area contributed by atoms with Crippen LogP contribution in [0, 0.1) is 0 Å². The lowest BCUT2D eigenvalue weighted by Crippen LogP contribution is -2.25. The molecule has 19 heavy (non-hydrogen) atoms. The number of hydrogen-bond donors (Lipinski definition) is 3. The molecule has 0 fully saturated rings. The number of nitrogen functional groups attached to an aromatic ring is 1. The topological polar surface area (TPSA) is 95.7 Å². The number of nitrogens with two attached hydrogens (primary N) is 1. The molecule has 0 saturated carbocycles. The third-order valence-corrected chi connectivity index (χ3v) is 4.37. The Kier molecular flexibility index (Phi) is 5.59. The number of sulfonamides is 1. The molecule has 0 aromatic heterocycles. The maximum absolute atomic E-state index is 11.7. The summed E-state index contributed by atoms with van der Waals surface area (Å²) in [4.78, 5) is 2.11. The molecule has 0 heterocycles. The van der Waals surface area contributed by atoms with Gasteiger partial charge in [-0.15, -0.1) is 0 Å². The Bertz CT molecular complexity index is 517. The molecular weight excluding hydrogens is 266 g/mol. The van der Waals surface area contributed by atoms with Gasteiger partial charge in [-0.3, -0.25) is 0 Å². The zero-order chi connectivity index (χ0) is 14.5. The number of aliphatic hydroxyl groups excluding tert-OH is 1. The van der Waals surface area contributed by atoms with Crippen LogP contribution >= 0.6 is 0 Å². The van der Waals surface area contributed by atoms with Crippen LogP contribution in [0.4, 0.5) is 11.4 Å². The molecule has 1 aromatic rings. The highest BCUT2D eigenvalue weighted by atomic mass is 32.2. The number of hydrogen-bond acceptors (Lipinski definition) is 5. The van der Waals surface area contributed by atoms with E-state index in [1.54, 1.807) is 12.1 Å². The van der Waals surface area contributed by atoms with E-state index in [4.69, 9.17) is 10.8 Å². The van der Waals surface area contributed by atoms with E-state index in [2.05, 4.69) is 4.72 Å². The van der Waals surface area contributed by atoms with E-state index in [0.717, 1.165) is 12.2 Å². The number of nitrogens with zero attached hydrogens (tertiary/aromatic N) is 1. The van der Waals surface area contributed by atoms with Crippen LogP contribution in [0.25, 0.3) is 0 Å². The van der Waals surface area contributed by atoms with Crippen LogP contribution in [0.15, 0.2) is 23.1 Å². The SMILES string of the molecule is CCN(CCCO)c1ccc(S(=O)(=O)NC)c(N)c1. The highest BCUT2D eigenvalue weighted by Gasteiger charge is 2.16. The Labute approximate surface area is 114 Å². The van der Waals surface area contributed by atoms with Gasteiger partial charge in [-0.2, -0.15) is 0 Å². The van der Waals surface area contributed by atoms with Gasteiger partial charge in [-0.05, 0) is 38.6 Å². The van der Waals surface area contributed by atoms with Gasteiger partial charge in [0.15, 0.2) is 0 Å². The third-order valence-electron chi connectivity index (χ3n) is 2.88. The zero-order valence-electron chi connectivity index (χ0n) is 11.3. The predicted molar refractivity (Wildman–Crippen MR) is 76.7 cm³/mol. The van der Waals surface area contributed by atoms with Crippen LogP contribution in [-0.4, -0.2) is 40.3 Å². The van der Waals surface area contributed by atoms with Crippen molar-refractivity contribution in [3.05, 3.63) is 18.2 Å². The largest absolute Gasteiger partial charge is 0.398 e. The summed E-state index contributed by atoms with van der Waals surface area (Å²) in [5.74, 6) is 0. The summed E-state index contributed by atoms with van der Waals surface area (Å²) in [7, 11) is -2.18. The molecule has 7 heteroatoms. The van der Waals surface area contributed by atoms with Crippen LogP contribution < -0.4 is 15.4 Å². The first-order chi connectivity index (χ1) is 8.96. The Morgan fingerprint density at radius 2 is 2.11 bits per heavy atom. The number of anilines is 2. The van der Waals surface area contributed by atoms with Gasteiger partial charge in [0.25, 0.3) is 0 Å². The third kappa shape index (κ3) is 3.82. The van der Waals surface area contributed by atoms with Gasteiger partial charge in [-0.1, -0.05) is 0 Å². The minimum absolute atomic E-state index is 0.0805. The first kappa shape index (κ1) is 15.7. The Morgan fingerprint density at radius 3 is 2.58 bits per heavy atom. The molecule has 0 radical (unpaired) electrons. The standard InChI is InChI=1S/C12H21N3O3S/c1-3-15(7-4-8-16)10-5-6-12(11(13)9-10)19(17,18)14-2/h5-6,9,14,16H,3-4,7-8,13H2,1-2H3. The summed E-state index contributed by atoms with van der Waals surface area (Å²) < 4.78 is 25.7. The molecule has 108 valence electrons. The monoisotopic (exact) mass is 287 g/mol. The van der Waals surface area contributed by atoms with Crippen molar-refractivity contribution in [1.82, 2.24) is 4.72 Å². The van der Waals surface area contributed by atoms with Gasteiger partial charge < -0.3 is 15.7 Å². The maximum Gasteiger partial charge on any atom is 0.242 e. The molecule has 0 atom stereocenters. The Morgan fingerprint density at radius 1 is 1.42 bits per heavy atom. The van der Waals surface area contributed by atoms with Crippen LogP contribution in [0.5, 0.6) is 0 Å². The molecule has 0 aliphatic carbocycles. The predicted octanol–water partition coefficient (Wildman–Crippen LogP) is 0.386. The maximum atomic E-state index is 11.7. The van der Waals surface area contributed by atoms with E-state index >= 15 is 0 Å². The lowest BCUT2D eigenvalue weighted by molar-refractivity contribution is 0.289. The van der Waals surface area contributed by atoms with Crippen molar-refractivity contribution in [3.8, 4) is 0 Å². The zero-order valence-corrected chi connectivity index (χ0v) is 12.1. The van der Waals surface area contributed by atoms with Crippen molar-refractivity contribution >= 4 is 21.4 Å². The molecule has 4 N–H and O–H groups in total. The molecule has 0 aliphatic heterocycles. The van der Waals surface area contributed by atoms with Crippen molar-refractivity contribution in [2.75, 3.05) is 37.4 Å². The van der Waals surface area contributed by atoms with Gasteiger partial charge in [0.1, 0.15) is 4.90 Å². The van der Waals surface area contributed by atoms with Gasteiger partial charge >= 0.3 is 0 Å². The van der Waals surface area contributed by atoms with Gasteiger partial charge in [0, 0.05) is 25.4 Å². The van der Waals surface area contributed by atoms with Crippen LogP contribution in [0.1, 0.15) is 13.3 Å². The minimum Gasteiger partial charge on any atom is -0.398 e. The molecule has 1 aromatic carbocycles. The Hall–Kier alpha value is -1.31. The van der Waals surface area contributed by atoms with E-state index in [1.165, 1.54) is 13.1 Å². The summed E-state index contributed by atoms with van der Waals surface area (Å²) in [6, 6.07) is 4.87. The second kappa shape index (κ2) is 6.74. The van der Waals surface area contributed by atoms with Crippen LogP contribution in [-0.2, 0) is 10.0 Å². The van der Waals surface area contributed by atoms with E-state index in [-0.39, 0.29) is 17.2 Å². The van der Waals surface area contributed by atoms with Crippen LogP contribution in [0.3, 0.4) is 0 Å². The molecule has 6 nitrogen and oxygen atoms in total. The molecule has 0 aliphatic rings. The summed E-state index contributed by atoms with van der Waals surface area (Å²) in [6.45, 7) is 3.58. The van der Waals surface area contributed by atoms with Crippen molar-refractivity contribution < 1.29 is 13.5 Å². The lowest BCUT2D eigenvalue weighted by Gasteiger charge is -2.23. The second-order valence-electron chi connectivity index (χ2n) is 4.09. The van der Waals surface area contributed by atoms with Crippen LogP contribution in [0.2, 0.25) is 0 Å². The minimum atomic E-state index is -3.53. The number of benzene rings is 1. The average Bonchev–Trinajstić information content (AvgIpc) is 2.39. The number of rotatable bonds is 7. The molecule has 0 saturated heterocycles. The molecule has 0 unspecified atom stereocenters. The summed E-state index contributed by atoms with van der Waals surface area (Å²) >= 11 is 0. The quantitative estimate of drug-likeness (QED) is 0.630. The second-order valence-corrected chi connectivity index (χ2v) is 5.94. The Balaban J connectivity index is 3.05. The van der Waals surface area contributed by atoms with Gasteiger partial charge in [0.2, 0.25) is 10.0 Å². The summed E-state index contributed by atoms with van der Waals surface area (Å²) in [5.41, 5.74) is 6.88. The van der Waals surface area contributed by atoms with Gasteiger partial charge in [-0.25, -0.2) is 13.1 Å². The fraction of sp³-hybridized carbons (Fsp3) is 0.500. The molecular formula is C12H21N3O3S. The van der Waals surface area contributed by atoms with E-state index < -0.39 is 10.0 Å². The lowest BCUT2D eigenvalue weighted by atomic mass is 10.2.